The number of carbonyl (C=O) groups excluding carboxylic acids is 1. The highest BCUT2D eigenvalue weighted by atomic mass is 19.1. The van der Waals surface area contributed by atoms with Crippen LogP contribution in [0.25, 0.3) is 0 Å². The van der Waals surface area contributed by atoms with Crippen molar-refractivity contribution in [1.29, 1.82) is 0 Å². The van der Waals surface area contributed by atoms with E-state index in [0.717, 1.165) is 4.90 Å². The van der Waals surface area contributed by atoms with Gasteiger partial charge in [-0.3, -0.25) is 4.90 Å². The molecule has 0 unspecified atom stereocenters. The molecule has 0 N–H and O–H groups in total. The lowest BCUT2D eigenvalue weighted by molar-refractivity contribution is 0.166. The number of nitrogens with zero attached hydrogens (tertiary/aromatic N) is 1. The van der Waals surface area contributed by atoms with Crippen LogP contribution in [0.4, 0.5) is 14.9 Å². The zero-order valence-corrected chi connectivity index (χ0v) is 7.87. The molecular weight excluding hydrogens is 185 g/mol. The SMILES string of the molecule is [CH2]COC(=O)N(C)c1ccccc1F. The highest BCUT2D eigenvalue weighted by Gasteiger charge is 2.14. The molecule has 0 bridgehead atoms. The highest BCUT2D eigenvalue weighted by Crippen LogP contribution is 2.17. The summed E-state index contributed by atoms with van der Waals surface area (Å²) in [6, 6.07) is 5.98. The molecule has 0 aromatic heterocycles. The van der Waals surface area contributed by atoms with Crippen molar-refractivity contribution in [2.45, 2.75) is 0 Å². The third-order valence-corrected chi connectivity index (χ3v) is 1.71. The molecule has 3 nitrogen and oxygen atoms in total. The first-order valence-corrected chi connectivity index (χ1v) is 4.11. The van der Waals surface area contributed by atoms with Crippen LogP contribution in [0.15, 0.2) is 24.3 Å². The van der Waals surface area contributed by atoms with Crippen LogP contribution in [0.3, 0.4) is 0 Å². The molecule has 0 heterocycles. The molecule has 1 radical (unpaired) electrons. The zero-order chi connectivity index (χ0) is 10.6. The molecule has 1 aromatic carbocycles. The molecule has 1 aromatic rings. The molecular formula is C10H11FNO2. The number of para-hydroxylation sites is 1. The molecule has 0 aliphatic rings. The second-order valence-corrected chi connectivity index (χ2v) is 2.62. The topological polar surface area (TPSA) is 29.5 Å². The number of ether oxygens (including phenoxy) is 1. The molecule has 0 fully saturated rings. The van der Waals surface area contributed by atoms with Gasteiger partial charge in [-0.25, -0.2) is 9.18 Å². The first-order chi connectivity index (χ1) is 6.66. The van der Waals surface area contributed by atoms with Crippen molar-refractivity contribution in [2.75, 3.05) is 18.6 Å². The third-order valence-electron chi connectivity index (χ3n) is 1.71. The van der Waals surface area contributed by atoms with Crippen LogP contribution in [0.1, 0.15) is 0 Å². The van der Waals surface area contributed by atoms with Crippen LogP contribution in [-0.2, 0) is 4.74 Å². The van der Waals surface area contributed by atoms with Gasteiger partial charge < -0.3 is 4.74 Å². The number of amides is 1. The van der Waals surface area contributed by atoms with Gasteiger partial charge >= 0.3 is 6.09 Å². The van der Waals surface area contributed by atoms with Gasteiger partial charge in [0.15, 0.2) is 0 Å². The molecule has 75 valence electrons. The van der Waals surface area contributed by atoms with Crippen LogP contribution in [0.2, 0.25) is 0 Å². The Hall–Kier alpha value is -1.58. The molecule has 1 amide bonds. The van der Waals surface area contributed by atoms with E-state index in [9.17, 15) is 9.18 Å². The van der Waals surface area contributed by atoms with Crippen molar-refractivity contribution < 1.29 is 13.9 Å². The standard InChI is InChI=1S/C10H11FNO2/c1-3-14-10(13)12(2)9-7-5-4-6-8(9)11/h4-7H,1,3H2,2H3. The van der Waals surface area contributed by atoms with E-state index in [-0.39, 0.29) is 12.3 Å². The average Bonchev–Trinajstić information content (AvgIpc) is 2.18. The minimum absolute atomic E-state index is 0.0254. The van der Waals surface area contributed by atoms with E-state index < -0.39 is 11.9 Å². The molecule has 0 atom stereocenters. The van der Waals surface area contributed by atoms with E-state index in [1.165, 1.54) is 19.2 Å². The normalized spacial score (nSPS) is 9.64. The van der Waals surface area contributed by atoms with Gasteiger partial charge in [0, 0.05) is 7.05 Å². The predicted molar refractivity (Wildman–Crippen MR) is 51.5 cm³/mol. The van der Waals surface area contributed by atoms with E-state index in [0.29, 0.717) is 0 Å². The predicted octanol–water partition coefficient (Wildman–Crippen LogP) is 2.23. The minimum atomic E-state index is -0.620. The zero-order valence-electron chi connectivity index (χ0n) is 7.87. The summed E-state index contributed by atoms with van der Waals surface area (Å²) in [6.07, 6.45) is -0.620. The van der Waals surface area contributed by atoms with Crippen LogP contribution in [0, 0.1) is 12.7 Å². The lowest BCUT2D eigenvalue weighted by Crippen LogP contribution is -2.27. The Kier molecular flexibility index (Phi) is 3.45. The van der Waals surface area contributed by atoms with Crippen LogP contribution < -0.4 is 4.90 Å². The van der Waals surface area contributed by atoms with Crippen molar-refractivity contribution in [3.63, 3.8) is 0 Å². The molecule has 0 aliphatic heterocycles. The number of hydrogen-bond donors (Lipinski definition) is 0. The number of benzene rings is 1. The van der Waals surface area contributed by atoms with Crippen molar-refractivity contribution in [3.05, 3.63) is 37.0 Å². The monoisotopic (exact) mass is 196 g/mol. The van der Waals surface area contributed by atoms with Gasteiger partial charge in [0.1, 0.15) is 5.82 Å². The highest BCUT2D eigenvalue weighted by molar-refractivity contribution is 5.87. The van der Waals surface area contributed by atoms with Crippen molar-refractivity contribution >= 4 is 11.8 Å². The van der Waals surface area contributed by atoms with Gasteiger partial charge in [-0.15, -0.1) is 0 Å². The van der Waals surface area contributed by atoms with Crippen molar-refractivity contribution in [2.24, 2.45) is 0 Å². The quantitative estimate of drug-likeness (QED) is 0.725. The first kappa shape index (κ1) is 10.5. The Labute approximate surface area is 82.1 Å². The molecule has 0 saturated carbocycles. The number of carbonyl (C=O) groups is 1. The summed E-state index contributed by atoms with van der Waals surface area (Å²) in [5.74, 6) is -0.462. The van der Waals surface area contributed by atoms with E-state index in [4.69, 9.17) is 0 Å². The molecule has 0 saturated heterocycles. The summed E-state index contributed by atoms with van der Waals surface area (Å²) in [5, 5.41) is 0. The van der Waals surface area contributed by atoms with Crippen molar-refractivity contribution in [1.82, 2.24) is 0 Å². The Morgan fingerprint density at radius 1 is 1.57 bits per heavy atom. The first-order valence-electron chi connectivity index (χ1n) is 4.11. The fourth-order valence-electron chi connectivity index (χ4n) is 1.01. The van der Waals surface area contributed by atoms with Gasteiger partial charge in [0.25, 0.3) is 0 Å². The van der Waals surface area contributed by atoms with Crippen LogP contribution >= 0.6 is 0 Å². The lowest BCUT2D eigenvalue weighted by atomic mass is 10.3. The second-order valence-electron chi connectivity index (χ2n) is 2.62. The van der Waals surface area contributed by atoms with E-state index in [2.05, 4.69) is 11.7 Å². The molecule has 1 rings (SSSR count). The van der Waals surface area contributed by atoms with E-state index >= 15 is 0 Å². The maximum atomic E-state index is 13.2. The van der Waals surface area contributed by atoms with Gasteiger partial charge in [0.2, 0.25) is 0 Å². The van der Waals surface area contributed by atoms with Crippen molar-refractivity contribution in [3.8, 4) is 0 Å². The fourth-order valence-corrected chi connectivity index (χ4v) is 1.01. The van der Waals surface area contributed by atoms with Gasteiger partial charge in [-0.1, -0.05) is 12.1 Å². The van der Waals surface area contributed by atoms with E-state index in [1.54, 1.807) is 12.1 Å². The largest absolute Gasteiger partial charge is 0.449 e. The smallest absolute Gasteiger partial charge is 0.414 e. The molecule has 14 heavy (non-hydrogen) atoms. The minimum Gasteiger partial charge on any atom is -0.449 e. The summed E-state index contributed by atoms with van der Waals surface area (Å²) in [7, 11) is 1.44. The number of anilines is 1. The summed E-state index contributed by atoms with van der Waals surface area (Å²) in [6.45, 7) is 3.39. The van der Waals surface area contributed by atoms with Crippen LogP contribution in [-0.4, -0.2) is 19.7 Å². The molecule has 0 aliphatic carbocycles. The fraction of sp³-hybridized carbons (Fsp3) is 0.200. The second kappa shape index (κ2) is 4.60. The van der Waals surface area contributed by atoms with Gasteiger partial charge in [0.05, 0.1) is 12.3 Å². The maximum absolute atomic E-state index is 13.2. The molecule has 4 heteroatoms. The van der Waals surface area contributed by atoms with E-state index in [1.807, 2.05) is 0 Å². The number of halogens is 1. The summed E-state index contributed by atoms with van der Waals surface area (Å²) in [5.41, 5.74) is 0.186. The summed E-state index contributed by atoms with van der Waals surface area (Å²) >= 11 is 0. The summed E-state index contributed by atoms with van der Waals surface area (Å²) < 4.78 is 17.8. The van der Waals surface area contributed by atoms with Crippen LogP contribution in [0.5, 0.6) is 0 Å². The third kappa shape index (κ3) is 2.22. The number of hydrogen-bond acceptors (Lipinski definition) is 2. The average molecular weight is 196 g/mol. The van der Waals surface area contributed by atoms with Gasteiger partial charge in [-0.2, -0.15) is 0 Å². The maximum Gasteiger partial charge on any atom is 0.414 e. The Morgan fingerprint density at radius 3 is 2.79 bits per heavy atom. The van der Waals surface area contributed by atoms with Gasteiger partial charge in [-0.05, 0) is 19.1 Å². The Bertz CT molecular complexity index is 328. The Morgan fingerprint density at radius 2 is 2.21 bits per heavy atom. The Balaban J connectivity index is 2.84. The number of rotatable bonds is 2. The summed E-state index contributed by atoms with van der Waals surface area (Å²) in [4.78, 5) is 12.3. The lowest BCUT2D eigenvalue weighted by Gasteiger charge is -2.16. The molecule has 0 spiro atoms.